The van der Waals surface area contributed by atoms with Crippen molar-refractivity contribution in [3.05, 3.63) is 23.7 Å². The number of nitrogens with one attached hydrogen (secondary N) is 1. The molecule has 0 bridgehead atoms. The summed E-state index contributed by atoms with van der Waals surface area (Å²) in [5.74, 6) is 0.733. The van der Waals surface area contributed by atoms with Crippen LogP contribution in [0, 0.1) is 0 Å². The topological polar surface area (TPSA) is 54.7 Å². The minimum atomic E-state index is -0.408. The number of carbonyl (C=O) groups excluding carboxylic acids is 1. The molecule has 6 heteroatoms. The first-order chi connectivity index (χ1) is 10.2. The first-order valence-electron chi connectivity index (χ1n) is 7.86. The quantitative estimate of drug-likeness (QED) is 0.864. The van der Waals surface area contributed by atoms with Gasteiger partial charge in [0.05, 0.1) is 13.7 Å². The van der Waals surface area contributed by atoms with Crippen LogP contribution in [0.4, 0.5) is 0 Å². The summed E-state index contributed by atoms with van der Waals surface area (Å²) < 4.78 is 10.3. The average Bonchev–Trinajstić information content (AvgIpc) is 2.98. The molecule has 1 spiro atoms. The van der Waals surface area contributed by atoms with Crippen LogP contribution in [0.2, 0.25) is 0 Å². The Hall–Kier alpha value is -1.04. The predicted octanol–water partition coefficient (Wildman–Crippen LogP) is 2.60. The fraction of sp³-hybridized carbons (Fsp3) is 0.688. The molecule has 1 aliphatic carbocycles. The van der Waals surface area contributed by atoms with Crippen LogP contribution in [0.1, 0.15) is 48.4 Å². The van der Waals surface area contributed by atoms with Gasteiger partial charge in [-0.1, -0.05) is 19.3 Å². The number of esters is 1. The smallest absolute Gasteiger partial charge is 0.373 e. The standard InChI is InChI=1S/C16H24N2O3.ClH/c1-20-15(19)14-6-5-13(21-14)11-18-10-9-17-12-16(18)7-3-2-4-8-16;/h5-6,17H,2-4,7-12H2,1H3;1H. The second kappa shape index (κ2) is 7.49. The Morgan fingerprint density at radius 2 is 2.14 bits per heavy atom. The van der Waals surface area contributed by atoms with E-state index in [1.165, 1.54) is 39.2 Å². The molecule has 0 aromatic carbocycles. The molecule has 124 valence electrons. The molecule has 1 saturated carbocycles. The molecule has 1 N–H and O–H groups in total. The molecule has 5 nitrogen and oxygen atoms in total. The summed E-state index contributed by atoms with van der Waals surface area (Å²) in [6.07, 6.45) is 6.48. The Labute approximate surface area is 137 Å². The van der Waals surface area contributed by atoms with Gasteiger partial charge < -0.3 is 14.5 Å². The molecule has 2 aliphatic rings. The molecular weight excluding hydrogens is 304 g/mol. The first-order valence-corrected chi connectivity index (χ1v) is 7.86. The maximum atomic E-state index is 11.5. The zero-order valence-electron chi connectivity index (χ0n) is 13.1. The number of hydrogen-bond donors (Lipinski definition) is 1. The number of halogens is 1. The van der Waals surface area contributed by atoms with E-state index in [1.807, 2.05) is 6.07 Å². The minimum Gasteiger partial charge on any atom is -0.463 e. The van der Waals surface area contributed by atoms with E-state index in [1.54, 1.807) is 6.07 Å². The Morgan fingerprint density at radius 3 is 2.86 bits per heavy atom. The molecule has 0 radical (unpaired) electrons. The highest BCUT2D eigenvalue weighted by Gasteiger charge is 2.39. The second-order valence-electron chi connectivity index (χ2n) is 6.14. The molecule has 1 aliphatic heterocycles. The fourth-order valence-electron chi connectivity index (χ4n) is 3.70. The number of ether oxygens (including phenoxy) is 1. The Balaban J connectivity index is 0.00000176. The van der Waals surface area contributed by atoms with E-state index in [9.17, 15) is 4.79 Å². The van der Waals surface area contributed by atoms with E-state index in [2.05, 4.69) is 10.2 Å². The predicted molar refractivity (Wildman–Crippen MR) is 86.4 cm³/mol. The zero-order valence-corrected chi connectivity index (χ0v) is 13.9. The van der Waals surface area contributed by atoms with Crippen LogP contribution in [0.3, 0.4) is 0 Å². The van der Waals surface area contributed by atoms with Crippen molar-refractivity contribution in [2.75, 3.05) is 26.7 Å². The van der Waals surface area contributed by atoms with Gasteiger partial charge in [0.1, 0.15) is 5.76 Å². The SMILES string of the molecule is COC(=O)c1ccc(CN2CCNCC23CCCCC3)o1.Cl. The molecule has 0 amide bonds. The molecule has 22 heavy (non-hydrogen) atoms. The van der Waals surface area contributed by atoms with Crippen molar-refractivity contribution in [3.8, 4) is 0 Å². The lowest BCUT2D eigenvalue weighted by atomic mass is 9.79. The summed E-state index contributed by atoms with van der Waals surface area (Å²) in [5, 5.41) is 3.55. The molecule has 1 aromatic heterocycles. The average molecular weight is 329 g/mol. The molecule has 2 fully saturated rings. The highest BCUT2D eigenvalue weighted by molar-refractivity contribution is 5.86. The lowest BCUT2D eigenvalue weighted by molar-refractivity contribution is 0.0155. The van der Waals surface area contributed by atoms with E-state index < -0.39 is 5.97 Å². The van der Waals surface area contributed by atoms with E-state index in [0.29, 0.717) is 5.76 Å². The Kier molecular flexibility index (Phi) is 5.89. The van der Waals surface area contributed by atoms with Crippen molar-refractivity contribution in [2.45, 2.75) is 44.2 Å². The normalized spacial score (nSPS) is 21.3. The van der Waals surface area contributed by atoms with Crippen molar-refractivity contribution < 1.29 is 13.9 Å². The van der Waals surface area contributed by atoms with Crippen molar-refractivity contribution in [3.63, 3.8) is 0 Å². The van der Waals surface area contributed by atoms with Crippen LogP contribution in [-0.4, -0.2) is 43.2 Å². The number of furan rings is 1. The highest BCUT2D eigenvalue weighted by atomic mass is 35.5. The lowest BCUT2D eigenvalue weighted by Crippen LogP contribution is -2.61. The van der Waals surface area contributed by atoms with Crippen LogP contribution in [0.5, 0.6) is 0 Å². The third-order valence-corrected chi connectivity index (χ3v) is 4.86. The largest absolute Gasteiger partial charge is 0.463 e. The zero-order chi connectivity index (χ0) is 14.7. The molecule has 0 atom stereocenters. The van der Waals surface area contributed by atoms with Crippen molar-refractivity contribution in [1.29, 1.82) is 0 Å². The molecule has 2 heterocycles. The molecule has 3 rings (SSSR count). The van der Waals surface area contributed by atoms with Gasteiger partial charge in [0.15, 0.2) is 0 Å². The molecular formula is C16H25ClN2O3. The van der Waals surface area contributed by atoms with Crippen molar-refractivity contribution in [1.82, 2.24) is 10.2 Å². The van der Waals surface area contributed by atoms with Gasteiger partial charge in [-0.25, -0.2) is 4.79 Å². The van der Waals surface area contributed by atoms with Gasteiger partial charge in [-0.2, -0.15) is 0 Å². The number of piperazine rings is 1. The molecule has 1 saturated heterocycles. The summed E-state index contributed by atoms with van der Waals surface area (Å²) in [7, 11) is 1.37. The Morgan fingerprint density at radius 1 is 1.36 bits per heavy atom. The molecule has 0 unspecified atom stereocenters. The van der Waals surface area contributed by atoms with E-state index in [4.69, 9.17) is 9.15 Å². The maximum absolute atomic E-state index is 11.5. The minimum absolute atomic E-state index is 0. The van der Waals surface area contributed by atoms with Crippen molar-refractivity contribution >= 4 is 18.4 Å². The van der Waals surface area contributed by atoms with Gasteiger partial charge >= 0.3 is 5.97 Å². The Bertz CT molecular complexity index is 489. The first kappa shape index (κ1) is 17.3. The number of carbonyl (C=O) groups is 1. The van der Waals surface area contributed by atoms with Gasteiger partial charge in [-0.15, -0.1) is 12.4 Å². The molecule has 1 aromatic rings. The number of nitrogens with zero attached hydrogens (tertiary/aromatic N) is 1. The maximum Gasteiger partial charge on any atom is 0.373 e. The van der Waals surface area contributed by atoms with Crippen LogP contribution < -0.4 is 5.32 Å². The van der Waals surface area contributed by atoms with Gasteiger partial charge in [-0.3, -0.25) is 4.90 Å². The van der Waals surface area contributed by atoms with Gasteiger partial charge in [0, 0.05) is 25.2 Å². The van der Waals surface area contributed by atoms with Gasteiger partial charge in [0.25, 0.3) is 0 Å². The van der Waals surface area contributed by atoms with Crippen LogP contribution >= 0.6 is 12.4 Å². The highest BCUT2D eigenvalue weighted by Crippen LogP contribution is 2.35. The van der Waals surface area contributed by atoms with Crippen molar-refractivity contribution in [2.24, 2.45) is 0 Å². The lowest BCUT2D eigenvalue weighted by Gasteiger charge is -2.49. The van der Waals surface area contributed by atoms with Gasteiger partial charge in [0.2, 0.25) is 5.76 Å². The summed E-state index contributed by atoms with van der Waals surface area (Å²) in [5.41, 5.74) is 0.273. The number of hydrogen-bond acceptors (Lipinski definition) is 5. The van der Waals surface area contributed by atoms with Crippen LogP contribution in [-0.2, 0) is 11.3 Å². The fourth-order valence-corrected chi connectivity index (χ4v) is 3.70. The van der Waals surface area contributed by atoms with Crippen LogP contribution in [0.25, 0.3) is 0 Å². The van der Waals surface area contributed by atoms with E-state index in [0.717, 1.165) is 31.9 Å². The third-order valence-electron chi connectivity index (χ3n) is 4.86. The summed E-state index contributed by atoms with van der Waals surface area (Å²) >= 11 is 0. The second-order valence-corrected chi connectivity index (χ2v) is 6.14. The van der Waals surface area contributed by atoms with E-state index >= 15 is 0 Å². The summed E-state index contributed by atoms with van der Waals surface area (Å²) in [6, 6.07) is 3.60. The van der Waals surface area contributed by atoms with Gasteiger partial charge in [-0.05, 0) is 25.0 Å². The van der Waals surface area contributed by atoms with Crippen LogP contribution in [0.15, 0.2) is 16.5 Å². The number of rotatable bonds is 3. The summed E-state index contributed by atoms with van der Waals surface area (Å²) in [6.45, 7) is 3.90. The third kappa shape index (κ3) is 3.47. The summed E-state index contributed by atoms with van der Waals surface area (Å²) in [4.78, 5) is 14.0. The number of methoxy groups -OCH3 is 1. The monoisotopic (exact) mass is 328 g/mol. The van der Waals surface area contributed by atoms with E-state index in [-0.39, 0.29) is 17.9 Å².